The lowest BCUT2D eigenvalue weighted by molar-refractivity contribution is -0.117. The van der Waals surface area contributed by atoms with Crippen molar-refractivity contribution in [1.29, 1.82) is 0 Å². The Labute approximate surface area is 130 Å². The van der Waals surface area contributed by atoms with E-state index in [2.05, 4.69) is 10.6 Å². The molecule has 2 amide bonds. The summed E-state index contributed by atoms with van der Waals surface area (Å²) < 4.78 is 0. The molecule has 2 saturated heterocycles. The molecular weight excluding hydrogens is 290 g/mol. The lowest BCUT2D eigenvalue weighted by Crippen LogP contribution is -2.36. The fourth-order valence-electron chi connectivity index (χ4n) is 2.78. The second kappa shape index (κ2) is 6.91. The van der Waals surface area contributed by atoms with Crippen LogP contribution in [0.2, 0.25) is 0 Å². The molecule has 2 aliphatic rings. The number of carbonyl (C=O) groups excluding carboxylic acids is 2. The number of rotatable bonds is 3. The van der Waals surface area contributed by atoms with Gasteiger partial charge in [-0.25, -0.2) is 0 Å². The van der Waals surface area contributed by atoms with Crippen molar-refractivity contribution in [3.8, 4) is 0 Å². The topological polar surface area (TPSA) is 61.4 Å². The molecule has 0 saturated carbocycles. The van der Waals surface area contributed by atoms with Gasteiger partial charge in [0.1, 0.15) is 0 Å². The zero-order chi connectivity index (χ0) is 13.9. The highest BCUT2D eigenvalue weighted by atomic mass is 35.5. The van der Waals surface area contributed by atoms with Crippen LogP contribution < -0.4 is 15.5 Å². The zero-order valence-corrected chi connectivity index (χ0v) is 12.6. The molecule has 1 atom stereocenters. The maximum atomic E-state index is 12.2. The van der Waals surface area contributed by atoms with Crippen LogP contribution in [0.5, 0.6) is 0 Å². The lowest BCUT2D eigenvalue weighted by Gasteiger charge is -2.17. The molecule has 5 nitrogen and oxygen atoms in total. The summed E-state index contributed by atoms with van der Waals surface area (Å²) in [6.07, 6.45) is 2.46. The van der Waals surface area contributed by atoms with Gasteiger partial charge in [-0.05, 0) is 37.6 Å². The van der Waals surface area contributed by atoms with Crippen molar-refractivity contribution < 1.29 is 9.59 Å². The van der Waals surface area contributed by atoms with Crippen LogP contribution in [-0.2, 0) is 4.79 Å². The van der Waals surface area contributed by atoms with Crippen molar-refractivity contribution in [3.05, 3.63) is 29.8 Å². The Morgan fingerprint density at radius 3 is 2.90 bits per heavy atom. The minimum atomic E-state index is -0.0628. The summed E-state index contributed by atoms with van der Waals surface area (Å²) >= 11 is 0. The summed E-state index contributed by atoms with van der Waals surface area (Å²) in [5.74, 6) is 0.0785. The second-order valence-corrected chi connectivity index (χ2v) is 5.36. The number of benzene rings is 1. The van der Waals surface area contributed by atoms with Crippen LogP contribution >= 0.6 is 12.4 Å². The Balaban J connectivity index is 0.00000161. The molecule has 1 unspecified atom stereocenters. The van der Waals surface area contributed by atoms with Crippen molar-refractivity contribution >= 4 is 29.9 Å². The quantitative estimate of drug-likeness (QED) is 0.885. The normalized spacial score (nSPS) is 21.2. The van der Waals surface area contributed by atoms with Crippen LogP contribution in [0.3, 0.4) is 0 Å². The molecule has 114 valence electrons. The van der Waals surface area contributed by atoms with E-state index in [0.717, 1.165) is 38.2 Å². The molecule has 1 aromatic rings. The summed E-state index contributed by atoms with van der Waals surface area (Å²) in [5, 5.41) is 6.24. The van der Waals surface area contributed by atoms with E-state index in [0.29, 0.717) is 12.0 Å². The number of nitrogens with zero attached hydrogens (tertiary/aromatic N) is 1. The fourth-order valence-corrected chi connectivity index (χ4v) is 2.78. The SMILES string of the molecule is Cl.O=C(NC1CCNC1)c1cccc(N2CCCC2=O)c1. The minimum Gasteiger partial charge on any atom is -0.348 e. The highest BCUT2D eigenvalue weighted by Gasteiger charge is 2.23. The van der Waals surface area contributed by atoms with Gasteiger partial charge in [0.15, 0.2) is 0 Å². The van der Waals surface area contributed by atoms with Crippen LogP contribution in [-0.4, -0.2) is 37.5 Å². The summed E-state index contributed by atoms with van der Waals surface area (Å²) in [5.41, 5.74) is 1.44. The van der Waals surface area contributed by atoms with Gasteiger partial charge in [0, 0.05) is 36.8 Å². The average molecular weight is 310 g/mol. The van der Waals surface area contributed by atoms with Crippen LogP contribution in [0, 0.1) is 0 Å². The first-order valence-electron chi connectivity index (χ1n) is 7.16. The Morgan fingerprint density at radius 1 is 1.38 bits per heavy atom. The maximum Gasteiger partial charge on any atom is 0.251 e. The first-order chi connectivity index (χ1) is 9.74. The molecule has 0 radical (unpaired) electrons. The largest absolute Gasteiger partial charge is 0.348 e. The van der Waals surface area contributed by atoms with E-state index in [1.165, 1.54) is 0 Å². The van der Waals surface area contributed by atoms with Gasteiger partial charge in [0.2, 0.25) is 5.91 Å². The van der Waals surface area contributed by atoms with Crippen molar-refractivity contribution in [2.45, 2.75) is 25.3 Å². The summed E-state index contributed by atoms with van der Waals surface area (Å²) in [7, 11) is 0. The van der Waals surface area contributed by atoms with Crippen molar-refractivity contribution in [2.75, 3.05) is 24.5 Å². The average Bonchev–Trinajstić information content (AvgIpc) is 3.10. The highest BCUT2D eigenvalue weighted by Crippen LogP contribution is 2.22. The predicted octanol–water partition coefficient (Wildman–Crippen LogP) is 1.33. The van der Waals surface area contributed by atoms with E-state index in [9.17, 15) is 9.59 Å². The van der Waals surface area contributed by atoms with Gasteiger partial charge in [0.05, 0.1) is 0 Å². The molecule has 0 spiro atoms. The number of halogens is 1. The first-order valence-corrected chi connectivity index (χ1v) is 7.16. The number of nitrogens with one attached hydrogen (secondary N) is 2. The van der Waals surface area contributed by atoms with E-state index in [1.807, 2.05) is 12.1 Å². The van der Waals surface area contributed by atoms with Gasteiger partial charge >= 0.3 is 0 Å². The fraction of sp³-hybridized carbons (Fsp3) is 0.467. The third-order valence-electron chi connectivity index (χ3n) is 3.89. The Kier molecular flexibility index (Phi) is 5.20. The van der Waals surface area contributed by atoms with Crippen LogP contribution in [0.25, 0.3) is 0 Å². The molecule has 0 bridgehead atoms. The van der Waals surface area contributed by atoms with Crippen molar-refractivity contribution in [1.82, 2.24) is 10.6 Å². The summed E-state index contributed by atoms with van der Waals surface area (Å²) in [6.45, 7) is 2.53. The van der Waals surface area contributed by atoms with Crippen LogP contribution in [0.15, 0.2) is 24.3 Å². The van der Waals surface area contributed by atoms with Crippen LogP contribution in [0.4, 0.5) is 5.69 Å². The monoisotopic (exact) mass is 309 g/mol. The maximum absolute atomic E-state index is 12.2. The van der Waals surface area contributed by atoms with Gasteiger partial charge in [-0.3, -0.25) is 9.59 Å². The number of carbonyl (C=O) groups is 2. The molecule has 6 heteroatoms. The predicted molar refractivity (Wildman–Crippen MR) is 84.0 cm³/mol. The molecule has 2 aliphatic heterocycles. The van der Waals surface area contributed by atoms with E-state index in [1.54, 1.807) is 17.0 Å². The Morgan fingerprint density at radius 2 is 2.24 bits per heavy atom. The standard InChI is InChI=1S/C15H19N3O2.ClH/c19-14-5-2-8-18(14)13-4-1-3-11(9-13)15(20)17-12-6-7-16-10-12;/h1,3-4,9,12,16H,2,5-8,10H2,(H,17,20);1H. The van der Waals surface area contributed by atoms with Gasteiger partial charge < -0.3 is 15.5 Å². The molecule has 2 N–H and O–H groups in total. The molecule has 2 fully saturated rings. The van der Waals surface area contributed by atoms with Gasteiger partial charge in [-0.1, -0.05) is 6.07 Å². The van der Waals surface area contributed by atoms with Gasteiger partial charge in [-0.15, -0.1) is 12.4 Å². The second-order valence-electron chi connectivity index (χ2n) is 5.36. The Hall–Kier alpha value is -1.59. The first kappa shape index (κ1) is 15.8. The summed E-state index contributed by atoms with van der Waals surface area (Å²) in [4.78, 5) is 25.7. The van der Waals surface area contributed by atoms with E-state index in [-0.39, 0.29) is 30.3 Å². The number of amides is 2. The highest BCUT2D eigenvalue weighted by molar-refractivity contribution is 5.99. The van der Waals surface area contributed by atoms with E-state index >= 15 is 0 Å². The molecule has 0 aliphatic carbocycles. The molecule has 3 rings (SSSR count). The zero-order valence-electron chi connectivity index (χ0n) is 11.8. The van der Waals surface area contributed by atoms with Gasteiger partial charge in [0.25, 0.3) is 5.91 Å². The van der Waals surface area contributed by atoms with Gasteiger partial charge in [-0.2, -0.15) is 0 Å². The molecule has 2 heterocycles. The van der Waals surface area contributed by atoms with E-state index < -0.39 is 0 Å². The third kappa shape index (κ3) is 3.54. The molecule has 0 aromatic heterocycles. The minimum absolute atomic E-state index is 0. The number of hydrogen-bond donors (Lipinski definition) is 2. The molecule has 21 heavy (non-hydrogen) atoms. The van der Waals surface area contributed by atoms with Crippen LogP contribution in [0.1, 0.15) is 29.6 Å². The third-order valence-corrected chi connectivity index (χ3v) is 3.89. The lowest BCUT2D eigenvalue weighted by atomic mass is 10.1. The number of hydrogen-bond acceptors (Lipinski definition) is 3. The van der Waals surface area contributed by atoms with E-state index in [4.69, 9.17) is 0 Å². The Bertz CT molecular complexity index is 529. The van der Waals surface area contributed by atoms with Crippen molar-refractivity contribution in [2.24, 2.45) is 0 Å². The summed E-state index contributed by atoms with van der Waals surface area (Å²) in [6, 6.07) is 7.53. The smallest absolute Gasteiger partial charge is 0.251 e. The molecular formula is C15H20ClN3O2. The van der Waals surface area contributed by atoms with Crippen molar-refractivity contribution in [3.63, 3.8) is 0 Å². The molecule has 1 aromatic carbocycles. The number of anilines is 1.